The van der Waals surface area contributed by atoms with E-state index in [0.29, 0.717) is 5.92 Å². The maximum Gasteiger partial charge on any atom is 0.0206 e. The highest BCUT2D eigenvalue weighted by atomic mass is 15.1. The minimum atomic E-state index is 0.540. The fourth-order valence-electron chi connectivity index (χ4n) is 1.86. The van der Waals surface area contributed by atoms with Gasteiger partial charge in [-0.3, -0.25) is 0 Å². The van der Waals surface area contributed by atoms with E-state index >= 15 is 0 Å². The Bertz CT molecular complexity index is 321. The number of nitrogens with zero attached hydrogens (tertiary/aromatic N) is 1. The first-order chi connectivity index (χ1) is 9.10. The molecule has 0 radical (unpaired) electrons. The quantitative estimate of drug-likeness (QED) is 0.507. The summed E-state index contributed by atoms with van der Waals surface area (Å²) in [7, 11) is 2.14. The van der Waals surface area contributed by atoms with Crippen LogP contribution in [0.4, 0.5) is 0 Å². The largest absolute Gasteiger partial charge is 0.380 e. The second-order valence-electron chi connectivity index (χ2n) is 5.12. The number of rotatable bonds is 9. The molecule has 0 aliphatic carbocycles. The Morgan fingerprint density at radius 1 is 1.21 bits per heavy atom. The lowest BCUT2D eigenvalue weighted by atomic mass is 10.1. The van der Waals surface area contributed by atoms with Crippen molar-refractivity contribution in [3.63, 3.8) is 0 Å². The molecule has 0 heterocycles. The Balaban J connectivity index is 3.84. The molecule has 0 aromatic rings. The third-order valence-electron chi connectivity index (χ3n) is 2.98. The molecule has 0 aromatic carbocycles. The second kappa shape index (κ2) is 11.8. The van der Waals surface area contributed by atoms with Gasteiger partial charge in [-0.05, 0) is 45.2 Å². The highest BCUT2D eigenvalue weighted by molar-refractivity contribution is 5.01. The van der Waals surface area contributed by atoms with Gasteiger partial charge in [-0.2, -0.15) is 0 Å². The van der Waals surface area contributed by atoms with E-state index in [4.69, 9.17) is 0 Å². The molecule has 0 spiro atoms. The van der Waals surface area contributed by atoms with E-state index in [1.165, 1.54) is 5.57 Å². The summed E-state index contributed by atoms with van der Waals surface area (Å²) in [5.41, 5.74) is 1.49. The van der Waals surface area contributed by atoms with Crippen molar-refractivity contribution < 1.29 is 0 Å². The molecule has 0 saturated heterocycles. The van der Waals surface area contributed by atoms with Gasteiger partial charge in [0.15, 0.2) is 0 Å². The first kappa shape index (κ1) is 17.8. The fourth-order valence-corrected chi connectivity index (χ4v) is 1.86. The van der Waals surface area contributed by atoms with Crippen molar-refractivity contribution in [3.8, 4) is 0 Å². The van der Waals surface area contributed by atoms with E-state index < -0.39 is 0 Å². The van der Waals surface area contributed by atoms with Gasteiger partial charge < -0.3 is 4.90 Å². The number of hydrogen-bond acceptors (Lipinski definition) is 1. The van der Waals surface area contributed by atoms with E-state index in [1.54, 1.807) is 0 Å². The van der Waals surface area contributed by atoms with Gasteiger partial charge in [-0.1, -0.05) is 55.9 Å². The Labute approximate surface area is 120 Å². The normalized spacial score (nSPS) is 14.9. The van der Waals surface area contributed by atoms with Crippen molar-refractivity contribution in [2.45, 2.75) is 47.0 Å². The lowest BCUT2D eigenvalue weighted by Gasteiger charge is -2.13. The summed E-state index contributed by atoms with van der Waals surface area (Å²) in [6, 6.07) is 0. The Kier molecular flexibility index (Phi) is 11.1. The predicted octanol–water partition coefficient (Wildman–Crippen LogP) is 5.34. The molecule has 0 aliphatic rings. The van der Waals surface area contributed by atoms with Crippen LogP contribution in [0.2, 0.25) is 0 Å². The molecule has 0 saturated carbocycles. The van der Waals surface area contributed by atoms with Gasteiger partial charge in [0.2, 0.25) is 0 Å². The minimum Gasteiger partial charge on any atom is -0.380 e. The lowest BCUT2D eigenvalue weighted by Crippen LogP contribution is -2.12. The summed E-state index contributed by atoms with van der Waals surface area (Å²) < 4.78 is 0. The number of hydrogen-bond donors (Lipinski definition) is 0. The average molecular weight is 261 g/mol. The third kappa shape index (κ3) is 11.6. The highest BCUT2D eigenvalue weighted by Crippen LogP contribution is 2.04. The number of allylic oxidation sites excluding steroid dienone is 6. The minimum absolute atomic E-state index is 0.540. The Morgan fingerprint density at radius 3 is 2.58 bits per heavy atom. The predicted molar refractivity (Wildman–Crippen MR) is 88.2 cm³/mol. The van der Waals surface area contributed by atoms with Gasteiger partial charge in [0.25, 0.3) is 0 Å². The van der Waals surface area contributed by atoms with Crippen LogP contribution in [0.25, 0.3) is 0 Å². The lowest BCUT2D eigenvalue weighted by molar-refractivity contribution is 0.458. The second-order valence-corrected chi connectivity index (χ2v) is 5.12. The van der Waals surface area contributed by atoms with E-state index in [0.717, 1.165) is 25.8 Å². The molecule has 0 fully saturated rings. The van der Waals surface area contributed by atoms with Crippen molar-refractivity contribution in [2.75, 3.05) is 13.6 Å². The van der Waals surface area contributed by atoms with Crippen LogP contribution in [0.15, 0.2) is 48.2 Å². The summed E-state index contributed by atoms with van der Waals surface area (Å²) >= 11 is 0. The monoisotopic (exact) mass is 261 g/mol. The summed E-state index contributed by atoms with van der Waals surface area (Å²) in [4.78, 5) is 2.26. The zero-order valence-corrected chi connectivity index (χ0v) is 13.4. The molecule has 1 unspecified atom stereocenters. The molecule has 1 nitrogen and oxygen atoms in total. The van der Waals surface area contributed by atoms with E-state index in [-0.39, 0.29) is 0 Å². The summed E-state index contributed by atoms with van der Waals surface area (Å²) in [5.74, 6) is 0.540. The third-order valence-corrected chi connectivity index (χ3v) is 2.98. The SMILES string of the molecule is C/C=C/C(C)/C=C\C/C=C/N(C)CC/C(C)=C\CC. The Morgan fingerprint density at radius 2 is 1.95 bits per heavy atom. The van der Waals surface area contributed by atoms with Crippen LogP contribution in [0.1, 0.15) is 47.0 Å². The molecule has 1 heteroatoms. The molecule has 0 aromatic heterocycles. The van der Waals surface area contributed by atoms with Gasteiger partial charge >= 0.3 is 0 Å². The molecular formula is C18H31N. The molecule has 0 N–H and O–H groups in total. The molecule has 1 atom stereocenters. The fraction of sp³-hybridized carbons (Fsp3) is 0.556. The van der Waals surface area contributed by atoms with E-state index in [9.17, 15) is 0 Å². The average Bonchev–Trinajstić information content (AvgIpc) is 2.36. The van der Waals surface area contributed by atoms with Gasteiger partial charge in [-0.25, -0.2) is 0 Å². The summed E-state index contributed by atoms with van der Waals surface area (Å²) in [5, 5.41) is 0. The molecule has 108 valence electrons. The molecule has 0 aliphatic heterocycles. The van der Waals surface area contributed by atoms with Crippen LogP contribution in [-0.2, 0) is 0 Å². The van der Waals surface area contributed by atoms with Crippen LogP contribution in [0.3, 0.4) is 0 Å². The maximum absolute atomic E-state index is 2.31. The van der Waals surface area contributed by atoms with Gasteiger partial charge in [0, 0.05) is 13.6 Å². The van der Waals surface area contributed by atoms with Crippen LogP contribution in [-0.4, -0.2) is 18.5 Å². The first-order valence-corrected chi connectivity index (χ1v) is 7.42. The van der Waals surface area contributed by atoms with Crippen LogP contribution < -0.4 is 0 Å². The first-order valence-electron chi connectivity index (χ1n) is 7.42. The molecule has 19 heavy (non-hydrogen) atoms. The maximum atomic E-state index is 2.31. The summed E-state index contributed by atoms with van der Waals surface area (Å²) in [6.07, 6.45) is 18.8. The van der Waals surface area contributed by atoms with Gasteiger partial charge in [-0.15, -0.1) is 0 Å². The standard InChI is InChI=1S/C18H31N/c1-6-11-17(3)13-9-8-10-15-19(5)16-14-18(4)12-7-2/h6,9-13,15,17H,7-8,14,16H2,1-5H3/b11-6+,13-9-,15-10+,18-12-. The van der Waals surface area contributed by atoms with Crippen LogP contribution in [0, 0.1) is 5.92 Å². The van der Waals surface area contributed by atoms with E-state index in [1.807, 2.05) is 0 Å². The summed E-state index contributed by atoms with van der Waals surface area (Å²) in [6.45, 7) is 9.77. The van der Waals surface area contributed by atoms with Crippen LogP contribution >= 0.6 is 0 Å². The zero-order valence-electron chi connectivity index (χ0n) is 13.4. The smallest absolute Gasteiger partial charge is 0.0206 e. The molecular weight excluding hydrogens is 230 g/mol. The topological polar surface area (TPSA) is 3.24 Å². The van der Waals surface area contributed by atoms with Gasteiger partial charge in [0.05, 0.1) is 0 Å². The Hall–Kier alpha value is -1.24. The highest BCUT2D eigenvalue weighted by Gasteiger charge is 1.92. The van der Waals surface area contributed by atoms with Crippen molar-refractivity contribution >= 4 is 0 Å². The van der Waals surface area contributed by atoms with Crippen molar-refractivity contribution in [2.24, 2.45) is 5.92 Å². The zero-order chi connectivity index (χ0) is 14.5. The molecule has 0 amide bonds. The molecule has 0 rings (SSSR count). The van der Waals surface area contributed by atoms with Crippen LogP contribution in [0.5, 0.6) is 0 Å². The van der Waals surface area contributed by atoms with Crippen molar-refractivity contribution in [1.82, 2.24) is 4.90 Å². The van der Waals surface area contributed by atoms with Crippen molar-refractivity contribution in [1.29, 1.82) is 0 Å². The van der Waals surface area contributed by atoms with E-state index in [2.05, 4.69) is 82.3 Å². The molecule has 0 bridgehead atoms. The van der Waals surface area contributed by atoms with Gasteiger partial charge in [0.1, 0.15) is 0 Å². The van der Waals surface area contributed by atoms with Crippen molar-refractivity contribution in [3.05, 3.63) is 48.2 Å².